The van der Waals surface area contributed by atoms with Gasteiger partial charge in [0, 0.05) is 6.54 Å². The van der Waals surface area contributed by atoms with Crippen LogP contribution in [0.25, 0.3) is 0 Å². The molecule has 1 aromatic carbocycles. The fourth-order valence-corrected chi connectivity index (χ4v) is 1.15. The number of nitrogens with one attached hydrogen (secondary N) is 1. The van der Waals surface area contributed by atoms with E-state index in [4.69, 9.17) is 4.74 Å². The van der Waals surface area contributed by atoms with Gasteiger partial charge in [0.15, 0.2) is 5.78 Å². The van der Waals surface area contributed by atoms with E-state index in [-0.39, 0.29) is 5.78 Å². The van der Waals surface area contributed by atoms with Gasteiger partial charge in [-0.1, -0.05) is 12.1 Å². The van der Waals surface area contributed by atoms with Crippen molar-refractivity contribution >= 4 is 5.78 Å². The fraction of sp³-hybridized carbons (Fsp3) is 0.364. The number of para-hydroxylation sites is 1. The Morgan fingerprint density at radius 2 is 2.14 bits per heavy atom. The predicted octanol–water partition coefficient (Wildman–Crippen LogP) is 1.49. The lowest BCUT2D eigenvalue weighted by atomic mass is 10.1. The Kier molecular flexibility index (Phi) is 4.13. The Hall–Kier alpha value is -1.35. The molecule has 0 aliphatic carbocycles. The molecular formula is C11H15NO2. The lowest BCUT2D eigenvalue weighted by Crippen LogP contribution is -2.16. The van der Waals surface area contributed by atoms with Crippen LogP contribution in [0, 0.1) is 0 Å². The van der Waals surface area contributed by atoms with E-state index in [1.54, 1.807) is 13.0 Å². The van der Waals surface area contributed by atoms with Gasteiger partial charge in [-0.2, -0.15) is 0 Å². The summed E-state index contributed by atoms with van der Waals surface area (Å²) >= 11 is 0. The van der Waals surface area contributed by atoms with Gasteiger partial charge >= 0.3 is 0 Å². The first kappa shape index (κ1) is 10.7. The number of hydrogen-bond acceptors (Lipinski definition) is 3. The average molecular weight is 193 g/mol. The number of ketones is 1. The number of rotatable bonds is 5. The lowest BCUT2D eigenvalue weighted by molar-refractivity contribution is 0.101. The Labute approximate surface area is 84.1 Å². The minimum Gasteiger partial charge on any atom is -0.492 e. The van der Waals surface area contributed by atoms with Crippen LogP contribution < -0.4 is 10.1 Å². The number of carbonyl (C=O) groups excluding carboxylic acids is 1. The van der Waals surface area contributed by atoms with E-state index in [2.05, 4.69) is 5.32 Å². The van der Waals surface area contributed by atoms with Crippen molar-refractivity contribution in [3.8, 4) is 5.75 Å². The molecule has 0 atom stereocenters. The zero-order chi connectivity index (χ0) is 10.4. The number of ether oxygens (including phenoxy) is 1. The van der Waals surface area contributed by atoms with Gasteiger partial charge in [0.2, 0.25) is 0 Å². The van der Waals surface area contributed by atoms with E-state index in [1.807, 2.05) is 25.2 Å². The molecule has 0 amide bonds. The summed E-state index contributed by atoms with van der Waals surface area (Å²) in [6.07, 6.45) is 0. The maximum absolute atomic E-state index is 11.2. The van der Waals surface area contributed by atoms with E-state index in [9.17, 15) is 4.79 Å². The average Bonchev–Trinajstić information content (AvgIpc) is 2.19. The van der Waals surface area contributed by atoms with Crippen LogP contribution in [0.5, 0.6) is 5.75 Å². The molecule has 76 valence electrons. The molecule has 0 aliphatic rings. The highest BCUT2D eigenvalue weighted by molar-refractivity contribution is 5.96. The third kappa shape index (κ3) is 2.85. The summed E-state index contributed by atoms with van der Waals surface area (Å²) in [6.45, 7) is 2.88. The second kappa shape index (κ2) is 5.40. The van der Waals surface area contributed by atoms with Gasteiger partial charge in [0.1, 0.15) is 12.4 Å². The van der Waals surface area contributed by atoms with Crippen LogP contribution in [0.3, 0.4) is 0 Å². The van der Waals surface area contributed by atoms with Crippen molar-refractivity contribution in [3.05, 3.63) is 29.8 Å². The molecule has 1 rings (SSSR count). The number of Topliss-reactive ketones (excluding diaryl/α,β-unsaturated/α-hetero) is 1. The van der Waals surface area contributed by atoms with Crippen molar-refractivity contribution in [1.29, 1.82) is 0 Å². The third-order valence-electron chi connectivity index (χ3n) is 1.88. The highest BCUT2D eigenvalue weighted by Gasteiger charge is 2.06. The summed E-state index contributed by atoms with van der Waals surface area (Å²) in [5.41, 5.74) is 0.642. The van der Waals surface area contributed by atoms with Crippen molar-refractivity contribution in [2.75, 3.05) is 20.2 Å². The maximum atomic E-state index is 11.2. The number of carbonyl (C=O) groups is 1. The van der Waals surface area contributed by atoms with E-state index in [1.165, 1.54) is 0 Å². The number of hydrogen-bond donors (Lipinski definition) is 1. The van der Waals surface area contributed by atoms with Crippen LogP contribution in [0.15, 0.2) is 24.3 Å². The smallest absolute Gasteiger partial charge is 0.163 e. The van der Waals surface area contributed by atoms with E-state index >= 15 is 0 Å². The normalized spacial score (nSPS) is 9.86. The van der Waals surface area contributed by atoms with Crippen LogP contribution >= 0.6 is 0 Å². The zero-order valence-electron chi connectivity index (χ0n) is 8.54. The molecule has 0 saturated carbocycles. The molecule has 0 saturated heterocycles. The van der Waals surface area contributed by atoms with Crippen molar-refractivity contribution < 1.29 is 9.53 Å². The maximum Gasteiger partial charge on any atom is 0.163 e. The zero-order valence-corrected chi connectivity index (χ0v) is 8.54. The first-order chi connectivity index (χ1) is 6.75. The molecule has 0 aromatic heterocycles. The van der Waals surface area contributed by atoms with Crippen LogP contribution in [-0.2, 0) is 0 Å². The monoisotopic (exact) mass is 193 g/mol. The highest BCUT2D eigenvalue weighted by atomic mass is 16.5. The molecule has 1 aromatic rings. The van der Waals surface area contributed by atoms with Gasteiger partial charge < -0.3 is 10.1 Å². The van der Waals surface area contributed by atoms with Gasteiger partial charge in [0.25, 0.3) is 0 Å². The fourth-order valence-electron chi connectivity index (χ4n) is 1.15. The molecule has 0 bridgehead atoms. The molecule has 0 spiro atoms. The standard InChI is InChI=1S/C11H15NO2/c1-9(13)10-5-3-4-6-11(10)14-8-7-12-2/h3-6,12H,7-8H2,1-2H3. The van der Waals surface area contributed by atoms with Gasteiger partial charge in [-0.15, -0.1) is 0 Å². The molecule has 3 heteroatoms. The highest BCUT2D eigenvalue weighted by Crippen LogP contribution is 2.17. The minimum atomic E-state index is 0.0325. The first-order valence-electron chi connectivity index (χ1n) is 4.63. The van der Waals surface area contributed by atoms with Crippen LogP contribution in [0.2, 0.25) is 0 Å². The lowest BCUT2D eigenvalue weighted by Gasteiger charge is -2.08. The molecule has 14 heavy (non-hydrogen) atoms. The molecule has 1 N–H and O–H groups in total. The molecule has 0 radical (unpaired) electrons. The van der Waals surface area contributed by atoms with Gasteiger partial charge in [-0.3, -0.25) is 4.79 Å². The number of likely N-dealkylation sites (N-methyl/N-ethyl adjacent to an activating group) is 1. The van der Waals surface area contributed by atoms with E-state index < -0.39 is 0 Å². The Morgan fingerprint density at radius 1 is 1.43 bits per heavy atom. The molecule has 0 heterocycles. The summed E-state index contributed by atoms with van der Waals surface area (Å²) in [5, 5.41) is 2.98. The van der Waals surface area contributed by atoms with E-state index in [0.717, 1.165) is 6.54 Å². The Balaban J connectivity index is 2.69. The Bertz CT molecular complexity index is 310. The molecule has 0 aliphatic heterocycles. The van der Waals surface area contributed by atoms with Crippen molar-refractivity contribution in [2.45, 2.75) is 6.92 Å². The molecule has 3 nitrogen and oxygen atoms in total. The first-order valence-corrected chi connectivity index (χ1v) is 4.63. The second-order valence-electron chi connectivity index (χ2n) is 3.00. The quantitative estimate of drug-likeness (QED) is 0.568. The SMILES string of the molecule is CNCCOc1ccccc1C(C)=O. The topological polar surface area (TPSA) is 38.3 Å². The molecular weight excluding hydrogens is 178 g/mol. The second-order valence-corrected chi connectivity index (χ2v) is 3.00. The molecule has 0 unspecified atom stereocenters. The summed E-state index contributed by atoms with van der Waals surface area (Å²) in [4.78, 5) is 11.2. The summed E-state index contributed by atoms with van der Waals surface area (Å²) in [5.74, 6) is 0.695. The van der Waals surface area contributed by atoms with Gasteiger partial charge in [-0.25, -0.2) is 0 Å². The summed E-state index contributed by atoms with van der Waals surface area (Å²) < 4.78 is 5.46. The van der Waals surface area contributed by atoms with E-state index in [0.29, 0.717) is 17.9 Å². The van der Waals surface area contributed by atoms with Crippen LogP contribution in [0.4, 0.5) is 0 Å². The van der Waals surface area contributed by atoms with Crippen LogP contribution in [0.1, 0.15) is 17.3 Å². The van der Waals surface area contributed by atoms with Gasteiger partial charge in [-0.05, 0) is 26.1 Å². The Morgan fingerprint density at radius 3 is 2.79 bits per heavy atom. The largest absolute Gasteiger partial charge is 0.492 e. The van der Waals surface area contributed by atoms with Gasteiger partial charge in [0.05, 0.1) is 5.56 Å². The van der Waals surface area contributed by atoms with Crippen LogP contribution in [-0.4, -0.2) is 26.0 Å². The summed E-state index contributed by atoms with van der Waals surface area (Å²) in [7, 11) is 1.86. The summed E-state index contributed by atoms with van der Waals surface area (Å²) in [6, 6.07) is 7.28. The predicted molar refractivity (Wildman–Crippen MR) is 55.9 cm³/mol. The molecule has 0 fully saturated rings. The minimum absolute atomic E-state index is 0.0325. The third-order valence-corrected chi connectivity index (χ3v) is 1.88. The van der Waals surface area contributed by atoms with Crippen molar-refractivity contribution in [3.63, 3.8) is 0 Å². The van der Waals surface area contributed by atoms with Crippen molar-refractivity contribution in [1.82, 2.24) is 5.32 Å². The number of benzene rings is 1. The van der Waals surface area contributed by atoms with Crippen molar-refractivity contribution in [2.24, 2.45) is 0 Å².